The van der Waals surface area contributed by atoms with Gasteiger partial charge in [0.2, 0.25) is 0 Å². The van der Waals surface area contributed by atoms with E-state index in [2.05, 4.69) is 0 Å². The van der Waals surface area contributed by atoms with Gasteiger partial charge in [-0.15, -0.1) is 23.2 Å². The predicted molar refractivity (Wildman–Crippen MR) is 179 cm³/mol. The summed E-state index contributed by atoms with van der Waals surface area (Å²) in [7, 11) is 0. The molecule has 4 atom stereocenters. The standard InChI is InChI=1S/C32H19Cl7N2O6/c1-15-6-8-17(9-7-15)29(46)47-18-12-10-16(11-13-18)21(42)14-40(26(43)19-4-2-3-5-20(19)33)41-27(44)22-23(28(41)45)31(37)25(35)24(34)30(22,36)32(31,38)39/h2-13,22-23H,14H2,1H3/t22-,23+,30-,31-/m1/s1. The number of Topliss-reactive ketones (excluding diaryl/α,β-unsaturated/α-hetero) is 1. The summed E-state index contributed by atoms with van der Waals surface area (Å²) in [6.45, 7) is 1.07. The highest BCUT2D eigenvalue weighted by atomic mass is 35.5. The van der Waals surface area contributed by atoms with Gasteiger partial charge in [-0.3, -0.25) is 19.2 Å². The summed E-state index contributed by atoms with van der Waals surface area (Å²) in [5.74, 6) is -7.25. The number of esters is 1. The number of fused-ring (bicyclic) bond motifs is 5. The predicted octanol–water partition coefficient (Wildman–Crippen LogP) is 7.55. The first kappa shape index (κ1) is 34.1. The van der Waals surface area contributed by atoms with Gasteiger partial charge in [0, 0.05) is 5.56 Å². The molecule has 1 heterocycles. The second kappa shape index (κ2) is 11.9. The zero-order valence-corrected chi connectivity index (χ0v) is 29.1. The number of carbonyl (C=O) groups is 5. The first-order chi connectivity index (χ1) is 22.1. The molecule has 242 valence electrons. The van der Waals surface area contributed by atoms with Crippen molar-refractivity contribution in [2.75, 3.05) is 6.54 Å². The molecule has 0 spiro atoms. The average Bonchev–Trinajstić information content (AvgIpc) is 3.43. The van der Waals surface area contributed by atoms with E-state index >= 15 is 0 Å². The van der Waals surface area contributed by atoms with Crippen LogP contribution in [-0.2, 0) is 9.59 Å². The number of imide groups is 1. The van der Waals surface area contributed by atoms with Gasteiger partial charge in [0.25, 0.3) is 17.7 Å². The second-order valence-electron chi connectivity index (χ2n) is 11.1. The Labute approximate surface area is 302 Å². The monoisotopic (exact) mass is 772 g/mol. The number of amides is 3. The molecule has 3 aliphatic rings. The fourth-order valence-electron chi connectivity index (χ4n) is 6.02. The van der Waals surface area contributed by atoms with Gasteiger partial charge < -0.3 is 4.74 Å². The number of allylic oxidation sites excluding steroid dienone is 2. The first-order valence-corrected chi connectivity index (χ1v) is 16.4. The maximum atomic E-state index is 14.1. The van der Waals surface area contributed by atoms with E-state index in [4.69, 9.17) is 85.9 Å². The molecule has 3 aromatic rings. The summed E-state index contributed by atoms with van der Waals surface area (Å²) in [6.07, 6.45) is 0. The van der Waals surface area contributed by atoms with Gasteiger partial charge >= 0.3 is 5.97 Å². The molecule has 1 aliphatic heterocycles. The maximum Gasteiger partial charge on any atom is 0.343 e. The quantitative estimate of drug-likeness (QED) is 0.0808. The molecule has 0 radical (unpaired) electrons. The number of ether oxygens (including phenoxy) is 1. The van der Waals surface area contributed by atoms with Crippen LogP contribution in [0.2, 0.25) is 5.02 Å². The Hall–Kier alpha value is -2.82. The van der Waals surface area contributed by atoms with E-state index in [9.17, 15) is 24.0 Å². The van der Waals surface area contributed by atoms with Crippen LogP contribution < -0.4 is 4.74 Å². The van der Waals surface area contributed by atoms with E-state index in [1.807, 2.05) is 6.92 Å². The molecular formula is C32H19Cl7N2O6. The maximum absolute atomic E-state index is 14.1. The van der Waals surface area contributed by atoms with Crippen LogP contribution in [0.15, 0.2) is 82.9 Å². The SMILES string of the molecule is Cc1ccc(C(=O)Oc2ccc(C(=O)CN(C(=O)c3ccccc3Cl)N3C(=O)[C@@H]4[C@H](C3=O)[C@@]3(Cl)C(Cl)=C(Cl)[C@@]4(Cl)C3(Cl)Cl)cc2)cc1. The third-order valence-corrected chi connectivity index (χ3v) is 13.0. The van der Waals surface area contributed by atoms with Crippen LogP contribution in [0.4, 0.5) is 0 Å². The van der Waals surface area contributed by atoms with Crippen LogP contribution >= 0.6 is 81.2 Å². The Morgan fingerprint density at radius 3 is 1.81 bits per heavy atom. The summed E-state index contributed by atoms with van der Waals surface area (Å²) in [5, 5.41) is 0.517. The van der Waals surface area contributed by atoms with Gasteiger partial charge in [-0.2, -0.15) is 5.01 Å². The molecule has 8 nitrogen and oxygen atoms in total. The normalized spacial score (nSPS) is 25.7. The van der Waals surface area contributed by atoms with Gasteiger partial charge in [-0.05, 0) is 55.5 Å². The number of ketones is 1. The number of rotatable bonds is 7. The summed E-state index contributed by atoms with van der Waals surface area (Å²) in [4.78, 5) is 64.0. The number of hydrogen-bond acceptors (Lipinski definition) is 6. The molecule has 47 heavy (non-hydrogen) atoms. The molecule has 3 aromatic carbocycles. The molecule has 1 saturated carbocycles. The number of hydrogen-bond donors (Lipinski definition) is 0. The third-order valence-electron chi connectivity index (χ3n) is 8.43. The van der Waals surface area contributed by atoms with E-state index in [1.54, 1.807) is 30.3 Å². The van der Waals surface area contributed by atoms with E-state index in [0.717, 1.165) is 5.56 Å². The fraction of sp³-hybridized carbons (Fsp3) is 0.219. The number of halogens is 7. The van der Waals surface area contributed by atoms with Crippen LogP contribution in [0.3, 0.4) is 0 Å². The van der Waals surface area contributed by atoms with E-state index in [-0.39, 0.29) is 32.0 Å². The molecule has 0 aromatic heterocycles. The lowest BCUT2D eigenvalue weighted by molar-refractivity contribution is -0.154. The van der Waals surface area contributed by atoms with Crippen molar-refractivity contribution >= 4 is 111 Å². The third kappa shape index (κ3) is 4.91. The Kier molecular flexibility index (Phi) is 8.66. The topological polar surface area (TPSA) is 101 Å². The Morgan fingerprint density at radius 2 is 1.28 bits per heavy atom. The zero-order valence-electron chi connectivity index (χ0n) is 23.8. The van der Waals surface area contributed by atoms with Crippen LogP contribution in [0, 0.1) is 18.8 Å². The van der Waals surface area contributed by atoms with Crippen LogP contribution in [0.5, 0.6) is 5.75 Å². The van der Waals surface area contributed by atoms with Crippen molar-refractivity contribution in [3.63, 3.8) is 0 Å². The minimum atomic E-state index is -2.19. The van der Waals surface area contributed by atoms with Gasteiger partial charge in [0.1, 0.15) is 22.0 Å². The minimum absolute atomic E-state index is 0.00929. The average molecular weight is 776 g/mol. The van der Waals surface area contributed by atoms with Gasteiger partial charge in [0.15, 0.2) is 10.1 Å². The van der Waals surface area contributed by atoms with E-state index in [1.165, 1.54) is 42.5 Å². The van der Waals surface area contributed by atoms with Crippen LogP contribution in [-0.4, -0.2) is 60.1 Å². The summed E-state index contributed by atoms with van der Waals surface area (Å²) < 4.78 is 3.20. The summed E-state index contributed by atoms with van der Waals surface area (Å²) in [6, 6.07) is 18.1. The number of alkyl halides is 4. The van der Waals surface area contributed by atoms with Gasteiger partial charge in [-0.25, -0.2) is 9.80 Å². The van der Waals surface area contributed by atoms with Crippen molar-refractivity contribution in [1.29, 1.82) is 0 Å². The van der Waals surface area contributed by atoms with Crippen molar-refractivity contribution in [2.24, 2.45) is 11.8 Å². The van der Waals surface area contributed by atoms with E-state index < -0.39 is 61.9 Å². The number of aryl methyl sites for hydroxylation is 1. The Bertz CT molecular complexity index is 1870. The number of carbonyl (C=O) groups excluding carboxylic acids is 5. The van der Waals surface area contributed by atoms with Crippen molar-refractivity contribution in [3.05, 3.63) is 110 Å². The van der Waals surface area contributed by atoms with Gasteiger partial charge in [0.05, 0.1) is 38.0 Å². The highest BCUT2D eigenvalue weighted by molar-refractivity contribution is 6.66. The van der Waals surface area contributed by atoms with Crippen molar-refractivity contribution < 1.29 is 28.7 Å². The molecule has 6 rings (SSSR count). The van der Waals surface area contributed by atoms with Crippen LogP contribution in [0.25, 0.3) is 0 Å². The van der Waals surface area contributed by atoms with Crippen molar-refractivity contribution in [1.82, 2.24) is 10.0 Å². The van der Waals surface area contributed by atoms with Crippen molar-refractivity contribution in [3.8, 4) is 5.75 Å². The first-order valence-electron chi connectivity index (χ1n) is 13.8. The minimum Gasteiger partial charge on any atom is -0.423 e. The Balaban J connectivity index is 1.31. The summed E-state index contributed by atoms with van der Waals surface area (Å²) in [5.41, 5.74) is 1.25. The molecule has 15 heteroatoms. The van der Waals surface area contributed by atoms with Crippen LogP contribution in [0.1, 0.15) is 36.6 Å². The molecule has 2 bridgehead atoms. The lowest BCUT2D eigenvalue weighted by Crippen LogP contribution is -2.56. The molecule has 0 N–H and O–H groups in total. The molecular weight excluding hydrogens is 757 g/mol. The molecule has 2 aliphatic carbocycles. The highest BCUT2D eigenvalue weighted by Crippen LogP contribution is 2.77. The number of benzene rings is 3. The zero-order chi connectivity index (χ0) is 34.2. The lowest BCUT2D eigenvalue weighted by Gasteiger charge is -2.36. The molecule has 1 saturated heterocycles. The molecule has 0 unspecified atom stereocenters. The second-order valence-corrected chi connectivity index (χ2v) is 14.8. The Morgan fingerprint density at radius 1 is 0.766 bits per heavy atom. The fourth-order valence-corrected chi connectivity index (χ4v) is 9.16. The molecule has 3 amide bonds. The number of hydrazine groups is 1. The van der Waals surface area contributed by atoms with E-state index in [0.29, 0.717) is 15.6 Å². The largest absolute Gasteiger partial charge is 0.423 e. The summed E-state index contributed by atoms with van der Waals surface area (Å²) >= 11 is 45.9. The van der Waals surface area contributed by atoms with Crippen molar-refractivity contribution in [2.45, 2.75) is 21.0 Å². The van der Waals surface area contributed by atoms with Gasteiger partial charge in [-0.1, -0.05) is 87.8 Å². The lowest BCUT2D eigenvalue weighted by atomic mass is 9.84. The molecule has 2 fully saturated rings. The smallest absolute Gasteiger partial charge is 0.343 e. The highest BCUT2D eigenvalue weighted by Gasteiger charge is 2.88. The number of nitrogens with zero attached hydrogens (tertiary/aromatic N) is 2.